The van der Waals surface area contributed by atoms with Crippen LogP contribution >= 0.6 is 11.6 Å². The van der Waals surface area contributed by atoms with Crippen molar-refractivity contribution in [2.45, 2.75) is 45.9 Å². The number of rotatable bonds is 4. The third kappa shape index (κ3) is 2.69. The smallest absolute Gasteiger partial charge is 0.140 e. The van der Waals surface area contributed by atoms with E-state index in [1.54, 1.807) is 0 Å². The predicted octanol–water partition coefficient (Wildman–Crippen LogP) is 4.40. The van der Waals surface area contributed by atoms with Crippen molar-refractivity contribution in [3.63, 3.8) is 0 Å². The van der Waals surface area contributed by atoms with Crippen LogP contribution in [0.5, 0.6) is 0 Å². The van der Waals surface area contributed by atoms with E-state index in [4.69, 9.17) is 11.6 Å². The van der Waals surface area contributed by atoms with Crippen molar-refractivity contribution in [2.24, 2.45) is 5.92 Å². The number of alkyl halides is 1. The monoisotopic (exact) mass is 264 g/mol. The lowest BCUT2D eigenvalue weighted by Gasteiger charge is -2.12. The summed E-state index contributed by atoms with van der Waals surface area (Å²) < 4.78 is 2.13. The molecule has 18 heavy (non-hydrogen) atoms. The van der Waals surface area contributed by atoms with Crippen LogP contribution in [-0.2, 0) is 12.3 Å². The average molecular weight is 265 g/mol. The zero-order chi connectivity index (χ0) is 13.3. The fourth-order valence-corrected chi connectivity index (χ4v) is 2.34. The lowest BCUT2D eigenvalue weighted by Crippen LogP contribution is -2.01. The summed E-state index contributed by atoms with van der Waals surface area (Å²) in [6.07, 6.45) is 5.27. The van der Waals surface area contributed by atoms with Gasteiger partial charge < -0.3 is 4.40 Å². The zero-order valence-electron chi connectivity index (χ0n) is 11.6. The van der Waals surface area contributed by atoms with Gasteiger partial charge in [0.25, 0.3) is 0 Å². The van der Waals surface area contributed by atoms with Gasteiger partial charge in [0.15, 0.2) is 0 Å². The molecule has 0 aliphatic rings. The number of hydrogen-bond acceptors (Lipinski definition) is 1. The van der Waals surface area contributed by atoms with E-state index in [-0.39, 0.29) is 0 Å². The van der Waals surface area contributed by atoms with E-state index >= 15 is 0 Å². The van der Waals surface area contributed by atoms with Crippen LogP contribution in [0.4, 0.5) is 0 Å². The topological polar surface area (TPSA) is 17.3 Å². The molecule has 0 radical (unpaired) electrons. The Bertz CT molecular complexity index is 541. The number of nitrogens with zero attached hydrogens (tertiary/aromatic N) is 2. The van der Waals surface area contributed by atoms with E-state index in [2.05, 4.69) is 49.3 Å². The van der Waals surface area contributed by atoms with Gasteiger partial charge in [0, 0.05) is 12.4 Å². The first-order valence-corrected chi connectivity index (χ1v) is 7.11. The molecule has 0 amide bonds. The highest BCUT2D eigenvalue weighted by Crippen LogP contribution is 2.22. The van der Waals surface area contributed by atoms with Crippen LogP contribution in [-0.4, -0.2) is 9.38 Å². The van der Waals surface area contributed by atoms with Crippen LogP contribution in [0.2, 0.25) is 0 Å². The molecule has 0 saturated carbocycles. The molecule has 2 aromatic heterocycles. The van der Waals surface area contributed by atoms with Crippen LogP contribution in [0.15, 0.2) is 18.5 Å². The van der Waals surface area contributed by atoms with E-state index < -0.39 is 0 Å². The number of halogens is 1. The highest BCUT2D eigenvalue weighted by molar-refractivity contribution is 6.16. The number of aromatic nitrogens is 2. The van der Waals surface area contributed by atoms with Crippen molar-refractivity contribution in [2.75, 3.05) is 0 Å². The number of hydrogen-bond donors (Lipinski definition) is 0. The molecule has 0 saturated heterocycles. The fraction of sp³-hybridized carbons (Fsp3) is 0.533. The van der Waals surface area contributed by atoms with Gasteiger partial charge in [-0.1, -0.05) is 33.8 Å². The van der Waals surface area contributed by atoms with Crippen LogP contribution in [0.25, 0.3) is 5.65 Å². The minimum Gasteiger partial charge on any atom is -0.306 e. The molecule has 2 nitrogen and oxygen atoms in total. The Balaban J connectivity index is 2.59. The average Bonchev–Trinajstić information content (AvgIpc) is 2.71. The molecule has 0 bridgehead atoms. The Morgan fingerprint density at radius 3 is 2.50 bits per heavy atom. The second-order valence-electron chi connectivity index (χ2n) is 5.65. The molecule has 0 aliphatic carbocycles. The summed E-state index contributed by atoms with van der Waals surface area (Å²) in [6, 6.07) is 2.30. The van der Waals surface area contributed by atoms with E-state index in [1.165, 1.54) is 11.1 Å². The molecular formula is C15H21ClN2. The van der Waals surface area contributed by atoms with Gasteiger partial charge >= 0.3 is 0 Å². The van der Waals surface area contributed by atoms with Crippen molar-refractivity contribution in [3.05, 3.63) is 35.3 Å². The number of fused-ring (bicyclic) bond motifs is 1. The van der Waals surface area contributed by atoms with Gasteiger partial charge in [-0.05, 0) is 29.4 Å². The highest BCUT2D eigenvalue weighted by atomic mass is 35.5. The molecule has 0 unspecified atom stereocenters. The lowest BCUT2D eigenvalue weighted by molar-refractivity contribution is 0.646. The Labute approximate surface area is 114 Å². The first-order valence-electron chi connectivity index (χ1n) is 6.57. The molecule has 2 heterocycles. The predicted molar refractivity (Wildman–Crippen MR) is 77.4 cm³/mol. The van der Waals surface area contributed by atoms with Crippen LogP contribution in [0.3, 0.4) is 0 Å². The summed E-state index contributed by atoms with van der Waals surface area (Å²) in [5.74, 6) is 1.63. The van der Waals surface area contributed by atoms with Crippen LogP contribution < -0.4 is 0 Å². The SMILES string of the molecule is CC(C)Cc1cc(C(C)C)cn2cc(CCl)nc12. The van der Waals surface area contributed by atoms with Gasteiger partial charge in [-0.3, -0.25) is 0 Å². The van der Waals surface area contributed by atoms with Crippen molar-refractivity contribution in [3.8, 4) is 0 Å². The molecule has 0 aromatic carbocycles. The first kappa shape index (κ1) is 13.4. The molecule has 2 aromatic rings. The maximum absolute atomic E-state index is 5.88. The second kappa shape index (κ2) is 5.31. The van der Waals surface area contributed by atoms with Crippen molar-refractivity contribution in [1.82, 2.24) is 9.38 Å². The summed E-state index contributed by atoms with van der Waals surface area (Å²) >= 11 is 5.88. The van der Waals surface area contributed by atoms with Crippen molar-refractivity contribution >= 4 is 17.2 Å². The van der Waals surface area contributed by atoms with Gasteiger partial charge in [-0.15, -0.1) is 11.6 Å². The van der Waals surface area contributed by atoms with E-state index in [1.807, 2.05) is 6.20 Å². The standard InChI is InChI=1S/C15H21ClN2/c1-10(2)5-12-6-13(11(3)4)8-18-9-14(7-16)17-15(12)18/h6,8-11H,5,7H2,1-4H3. The summed E-state index contributed by atoms with van der Waals surface area (Å²) in [4.78, 5) is 4.62. The quantitative estimate of drug-likeness (QED) is 0.749. The minimum absolute atomic E-state index is 0.472. The Morgan fingerprint density at radius 2 is 1.94 bits per heavy atom. The first-order chi connectivity index (χ1) is 8.51. The van der Waals surface area contributed by atoms with Crippen LogP contribution in [0, 0.1) is 5.92 Å². The van der Waals surface area contributed by atoms with Gasteiger partial charge in [0.1, 0.15) is 5.65 Å². The largest absolute Gasteiger partial charge is 0.306 e. The number of pyridine rings is 1. The summed E-state index contributed by atoms with van der Waals surface area (Å²) in [5.41, 5.74) is 4.69. The van der Waals surface area contributed by atoms with Gasteiger partial charge in [0.05, 0.1) is 11.6 Å². The van der Waals surface area contributed by atoms with Gasteiger partial charge in [-0.25, -0.2) is 4.98 Å². The molecule has 98 valence electrons. The molecule has 0 spiro atoms. The van der Waals surface area contributed by atoms with E-state index in [0.717, 1.165) is 17.8 Å². The normalized spacial score (nSPS) is 11.9. The molecule has 0 aliphatic heterocycles. The van der Waals surface area contributed by atoms with Gasteiger partial charge in [0.2, 0.25) is 0 Å². The molecule has 3 heteroatoms. The Morgan fingerprint density at radius 1 is 1.22 bits per heavy atom. The van der Waals surface area contributed by atoms with Gasteiger partial charge in [-0.2, -0.15) is 0 Å². The molecule has 0 fully saturated rings. The van der Waals surface area contributed by atoms with E-state index in [0.29, 0.717) is 17.7 Å². The molecule has 0 N–H and O–H groups in total. The molecule has 0 atom stereocenters. The lowest BCUT2D eigenvalue weighted by atomic mass is 9.98. The Hall–Kier alpha value is -1.02. The zero-order valence-corrected chi connectivity index (χ0v) is 12.3. The highest BCUT2D eigenvalue weighted by Gasteiger charge is 2.11. The molecule has 2 rings (SSSR count). The van der Waals surface area contributed by atoms with E-state index in [9.17, 15) is 0 Å². The maximum atomic E-state index is 5.88. The molecular weight excluding hydrogens is 244 g/mol. The third-order valence-corrected chi connectivity index (χ3v) is 3.40. The minimum atomic E-state index is 0.472. The summed E-state index contributed by atoms with van der Waals surface area (Å²) in [6.45, 7) is 8.92. The second-order valence-corrected chi connectivity index (χ2v) is 5.92. The van der Waals surface area contributed by atoms with Crippen molar-refractivity contribution in [1.29, 1.82) is 0 Å². The van der Waals surface area contributed by atoms with Crippen LogP contribution in [0.1, 0.15) is 50.4 Å². The van der Waals surface area contributed by atoms with Crippen molar-refractivity contribution < 1.29 is 0 Å². The summed E-state index contributed by atoms with van der Waals surface area (Å²) in [7, 11) is 0. The summed E-state index contributed by atoms with van der Waals surface area (Å²) in [5, 5.41) is 0. The maximum Gasteiger partial charge on any atom is 0.140 e. The Kier molecular flexibility index (Phi) is 3.96. The third-order valence-electron chi connectivity index (χ3n) is 3.13. The fourth-order valence-electron chi connectivity index (χ4n) is 2.21. The number of imidazole rings is 1.